The number of hydrogen-bond donors (Lipinski definition) is 2. The van der Waals surface area contributed by atoms with Crippen LogP contribution in [0, 0.1) is 0 Å². The van der Waals surface area contributed by atoms with Gasteiger partial charge in [-0.2, -0.15) is 0 Å². The first-order valence-electron chi connectivity index (χ1n) is 8.52. The zero-order valence-electron chi connectivity index (χ0n) is 16.4. The number of nitrogens with two attached hydrogens (primary N) is 1. The van der Waals surface area contributed by atoms with Crippen LogP contribution in [-0.2, 0) is 4.79 Å². The molecule has 0 bridgehead atoms. The molecule has 0 aliphatic rings. The zero-order chi connectivity index (χ0) is 20.7. The summed E-state index contributed by atoms with van der Waals surface area (Å²) in [5.74, 6) is 0.481. The average Bonchev–Trinajstić information content (AvgIpc) is 3.19. The second-order valence-electron chi connectivity index (χ2n) is 6.17. The molecule has 2 rings (SSSR count). The number of amides is 2. The van der Waals surface area contributed by atoms with Crippen molar-refractivity contribution < 1.29 is 28.2 Å². The third kappa shape index (κ3) is 5.17. The lowest BCUT2D eigenvalue weighted by atomic mass is 10.1. The summed E-state index contributed by atoms with van der Waals surface area (Å²) in [6, 6.07) is 6.54. The number of methoxy groups -OCH3 is 2. The van der Waals surface area contributed by atoms with Crippen LogP contribution in [0.2, 0.25) is 0 Å². The molecule has 9 heteroatoms. The highest BCUT2D eigenvalue weighted by Crippen LogP contribution is 2.38. The van der Waals surface area contributed by atoms with Gasteiger partial charge >= 0.3 is 0 Å². The molecule has 0 radical (unpaired) electrons. The lowest BCUT2D eigenvalue weighted by Crippen LogP contribution is -2.34. The summed E-state index contributed by atoms with van der Waals surface area (Å²) < 4.78 is 21.3. The fourth-order valence-corrected chi connectivity index (χ4v) is 2.61. The van der Waals surface area contributed by atoms with Gasteiger partial charge in [0.25, 0.3) is 11.8 Å². The van der Waals surface area contributed by atoms with E-state index in [2.05, 4.69) is 5.32 Å². The van der Waals surface area contributed by atoms with Crippen LogP contribution < -0.4 is 25.3 Å². The molecular formula is C19H25N3O6. The number of carbonyl (C=O) groups excluding carboxylic acids is 2. The van der Waals surface area contributed by atoms with Gasteiger partial charge in [-0.05, 0) is 38.4 Å². The molecule has 1 atom stereocenters. The minimum absolute atomic E-state index is 0.124. The number of ether oxygens (including phenoxy) is 3. The van der Waals surface area contributed by atoms with Crippen LogP contribution in [0.25, 0.3) is 0 Å². The van der Waals surface area contributed by atoms with Gasteiger partial charge in [-0.25, -0.2) is 0 Å². The molecule has 2 aromatic rings. The number of nitrogens with zero attached hydrogens (tertiary/aromatic N) is 1. The van der Waals surface area contributed by atoms with Gasteiger partial charge in [0.15, 0.2) is 18.1 Å². The van der Waals surface area contributed by atoms with E-state index in [1.807, 2.05) is 25.1 Å². The summed E-state index contributed by atoms with van der Waals surface area (Å²) in [6.07, 6.45) is 1.59. The van der Waals surface area contributed by atoms with Gasteiger partial charge < -0.3 is 29.7 Å². The van der Waals surface area contributed by atoms with E-state index in [0.29, 0.717) is 12.1 Å². The maximum atomic E-state index is 12.7. The standard InChI is InChI=1S/C19H25N3O6/c1-22(2)13(14-6-5-7-27-14)10-21-19(24)12-8-15(25-3)18(16(9-12)26-4)28-11-17(20)23/h5-9,13H,10-11H2,1-4H3,(H2,20,23)(H,21,24)/t13-/m1/s1. The maximum Gasteiger partial charge on any atom is 0.255 e. The van der Waals surface area contributed by atoms with E-state index >= 15 is 0 Å². The third-order valence-electron chi connectivity index (χ3n) is 4.03. The Morgan fingerprint density at radius 2 is 1.86 bits per heavy atom. The molecule has 1 aromatic carbocycles. The number of benzene rings is 1. The van der Waals surface area contributed by atoms with E-state index < -0.39 is 5.91 Å². The Kier molecular flexibility index (Phi) is 7.28. The third-order valence-corrected chi connectivity index (χ3v) is 4.03. The van der Waals surface area contributed by atoms with Crippen LogP contribution in [0.3, 0.4) is 0 Å². The number of carbonyl (C=O) groups is 2. The molecule has 9 nitrogen and oxygen atoms in total. The molecule has 0 aliphatic carbocycles. The summed E-state index contributed by atoms with van der Waals surface area (Å²) in [5.41, 5.74) is 5.43. The number of likely N-dealkylation sites (N-methyl/N-ethyl adjacent to an activating group) is 1. The fraction of sp³-hybridized carbons (Fsp3) is 0.368. The Morgan fingerprint density at radius 3 is 2.32 bits per heavy atom. The lowest BCUT2D eigenvalue weighted by Gasteiger charge is -2.22. The van der Waals surface area contributed by atoms with Gasteiger partial charge in [0, 0.05) is 12.1 Å². The van der Waals surface area contributed by atoms with Crippen molar-refractivity contribution in [2.45, 2.75) is 6.04 Å². The van der Waals surface area contributed by atoms with Crippen molar-refractivity contribution in [1.82, 2.24) is 10.2 Å². The van der Waals surface area contributed by atoms with Crippen LogP contribution in [0.15, 0.2) is 34.9 Å². The molecule has 2 amide bonds. The second-order valence-corrected chi connectivity index (χ2v) is 6.17. The quantitative estimate of drug-likeness (QED) is 0.625. The molecule has 152 valence electrons. The van der Waals surface area contributed by atoms with Gasteiger partial charge in [-0.3, -0.25) is 14.5 Å². The van der Waals surface area contributed by atoms with Crippen LogP contribution in [0.5, 0.6) is 17.2 Å². The van der Waals surface area contributed by atoms with Gasteiger partial charge in [-0.1, -0.05) is 0 Å². The smallest absolute Gasteiger partial charge is 0.255 e. The normalized spacial score (nSPS) is 11.8. The van der Waals surface area contributed by atoms with Crippen molar-refractivity contribution >= 4 is 11.8 Å². The molecule has 0 saturated carbocycles. The van der Waals surface area contributed by atoms with E-state index in [1.54, 1.807) is 12.3 Å². The first kappa shape index (κ1) is 21.1. The van der Waals surface area contributed by atoms with Crippen molar-refractivity contribution in [1.29, 1.82) is 0 Å². The van der Waals surface area contributed by atoms with E-state index in [0.717, 1.165) is 5.76 Å². The largest absolute Gasteiger partial charge is 0.493 e. The van der Waals surface area contributed by atoms with Gasteiger partial charge in [0.05, 0.1) is 26.5 Å². The van der Waals surface area contributed by atoms with Crippen molar-refractivity contribution in [2.24, 2.45) is 5.73 Å². The SMILES string of the molecule is COc1cc(C(=O)NC[C@H](c2ccco2)N(C)C)cc(OC)c1OCC(N)=O. The Bertz CT molecular complexity index is 779. The molecule has 1 heterocycles. The first-order chi connectivity index (χ1) is 13.4. The van der Waals surface area contributed by atoms with E-state index in [4.69, 9.17) is 24.4 Å². The molecule has 0 spiro atoms. The summed E-state index contributed by atoms with van der Waals surface area (Å²) >= 11 is 0. The lowest BCUT2D eigenvalue weighted by molar-refractivity contribution is -0.120. The topological polar surface area (TPSA) is 116 Å². The average molecular weight is 391 g/mol. The van der Waals surface area contributed by atoms with Crippen molar-refractivity contribution in [3.05, 3.63) is 41.9 Å². The highest BCUT2D eigenvalue weighted by atomic mass is 16.5. The van der Waals surface area contributed by atoms with E-state index in [1.165, 1.54) is 26.4 Å². The Morgan fingerprint density at radius 1 is 1.21 bits per heavy atom. The number of primary amides is 1. The molecule has 0 saturated heterocycles. The van der Waals surface area contributed by atoms with Crippen molar-refractivity contribution in [2.75, 3.05) is 41.5 Å². The summed E-state index contributed by atoms with van der Waals surface area (Å²) in [4.78, 5) is 25.6. The maximum absolute atomic E-state index is 12.7. The number of furan rings is 1. The summed E-state index contributed by atoms with van der Waals surface area (Å²) in [5, 5.41) is 2.87. The van der Waals surface area contributed by atoms with Crippen molar-refractivity contribution in [3.63, 3.8) is 0 Å². The minimum Gasteiger partial charge on any atom is -0.493 e. The Hall–Kier alpha value is -3.20. The zero-order valence-corrected chi connectivity index (χ0v) is 16.4. The van der Waals surface area contributed by atoms with Crippen LogP contribution in [0.1, 0.15) is 22.2 Å². The first-order valence-corrected chi connectivity index (χ1v) is 8.52. The predicted molar refractivity (Wildman–Crippen MR) is 102 cm³/mol. The molecule has 0 unspecified atom stereocenters. The van der Waals surface area contributed by atoms with E-state index in [9.17, 15) is 9.59 Å². The van der Waals surface area contributed by atoms with Crippen LogP contribution in [-0.4, -0.2) is 58.2 Å². The number of rotatable bonds is 10. The predicted octanol–water partition coefficient (Wildman–Crippen LogP) is 1.19. The number of nitrogens with one attached hydrogen (secondary N) is 1. The van der Waals surface area contributed by atoms with Gasteiger partial charge in [0.2, 0.25) is 5.75 Å². The Balaban J connectivity index is 2.19. The highest BCUT2D eigenvalue weighted by Gasteiger charge is 2.21. The number of hydrogen-bond acceptors (Lipinski definition) is 7. The molecule has 28 heavy (non-hydrogen) atoms. The minimum atomic E-state index is -0.640. The molecule has 0 fully saturated rings. The fourth-order valence-electron chi connectivity index (χ4n) is 2.61. The van der Waals surface area contributed by atoms with E-state index in [-0.39, 0.29) is 35.8 Å². The van der Waals surface area contributed by atoms with Crippen LogP contribution >= 0.6 is 0 Å². The second kappa shape index (κ2) is 9.65. The van der Waals surface area contributed by atoms with Gasteiger partial charge in [-0.15, -0.1) is 0 Å². The monoisotopic (exact) mass is 391 g/mol. The summed E-state index contributed by atoms with van der Waals surface area (Å²) in [6.45, 7) is -0.00414. The van der Waals surface area contributed by atoms with Gasteiger partial charge in [0.1, 0.15) is 5.76 Å². The summed E-state index contributed by atoms with van der Waals surface area (Å²) in [7, 11) is 6.64. The van der Waals surface area contributed by atoms with Crippen LogP contribution in [0.4, 0.5) is 0 Å². The molecular weight excluding hydrogens is 366 g/mol. The molecule has 0 aliphatic heterocycles. The Labute approximate surface area is 163 Å². The molecule has 1 aromatic heterocycles. The van der Waals surface area contributed by atoms with Crippen molar-refractivity contribution in [3.8, 4) is 17.2 Å². The highest BCUT2D eigenvalue weighted by molar-refractivity contribution is 5.95. The molecule has 3 N–H and O–H groups in total.